The van der Waals surface area contributed by atoms with Gasteiger partial charge in [0, 0.05) is 6.61 Å². The Morgan fingerprint density at radius 1 is 1.10 bits per heavy atom. The van der Waals surface area contributed by atoms with Gasteiger partial charge >= 0.3 is 0 Å². The maximum Gasteiger partial charge on any atom is 0.225 e. The number of rotatable bonds is 5. The van der Waals surface area contributed by atoms with Crippen LogP contribution in [0.25, 0.3) is 11.4 Å². The van der Waals surface area contributed by atoms with Gasteiger partial charge in [-0.3, -0.25) is 0 Å². The first kappa shape index (κ1) is 14.0. The van der Waals surface area contributed by atoms with E-state index in [0.717, 1.165) is 11.1 Å². The highest BCUT2D eigenvalue weighted by atomic mass is 16.7. The van der Waals surface area contributed by atoms with E-state index >= 15 is 0 Å². The quantitative estimate of drug-likeness (QED) is 0.626. The monoisotopic (exact) mass is 275 g/mol. The lowest BCUT2D eigenvalue weighted by atomic mass is 10.1. The van der Waals surface area contributed by atoms with Crippen molar-refractivity contribution in [1.29, 1.82) is 0 Å². The highest BCUT2D eigenvalue weighted by molar-refractivity contribution is 5.69. The van der Waals surface area contributed by atoms with Crippen molar-refractivity contribution >= 4 is 11.9 Å². The lowest BCUT2D eigenvalue weighted by Crippen LogP contribution is -2.07. The first-order valence-electron chi connectivity index (χ1n) is 6.19. The summed E-state index contributed by atoms with van der Waals surface area (Å²) in [6, 6.07) is 5.63. The number of hydrogen-bond donors (Lipinski definition) is 2. The third kappa shape index (κ3) is 3.12. The number of anilines is 2. The van der Waals surface area contributed by atoms with E-state index in [2.05, 4.69) is 15.0 Å². The number of nitrogens with two attached hydrogens (primary N) is 2. The maximum absolute atomic E-state index is 5.61. The fraction of sp³-hybridized carbons (Fsp3) is 0.308. The van der Waals surface area contributed by atoms with Crippen LogP contribution < -0.4 is 16.2 Å². The molecule has 2 aromatic rings. The van der Waals surface area contributed by atoms with Gasteiger partial charge in [0.25, 0.3) is 0 Å². The van der Waals surface area contributed by atoms with Crippen molar-refractivity contribution in [3.63, 3.8) is 0 Å². The SMILES string of the molecule is CCOCOc1cccc(C)c1-c1nc(N)nc(N)n1. The molecule has 0 spiro atoms. The average Bonchev–Trinajstić information content (AvgIpc) is 2.38. The molecule has 0 saturated carbocycles. The van der Waals surface area contributed by atoms with Gasteiger partial charge in [-0.05, 0) is 25.5 Å². The molecule has 0 fully saturated rings. The van der Waals surface area contributed by atoms with Crippen LogP contribution in [0.1, 0.15) is 12.5 Å². The van der Waals surface area contributed by atoms with Crippen molar-refractivity contribution < 1.29 is 9.47 Å². The van der Waals surface area contributed by atoms with Gasteiger partial charge in [-0.1, -0.05) is 12.1 Å². The van der Waals surface area contributed by atoms with E-state index in [0.29, 0.717) is 18.2 Å². The van der Waals surface area contributed by atoms with Crippen LogP contribution in [-0.2, 0) is 4.74 Å². The molecule has 1 aromatic heterocycles. The van der Waals surface area contributed by atoms with Gasteiger partial charge in [0.1, 0.15) is 5.75 Å². The summed E-state index contributed by atoms with van der Waals surface area (Å²) in [7, 11) is 0. The van der Waals surface area contributed by atoms with E-state index in [1.807, 2.05) is 32.0 Å². The average molecular weight is 275 g/mol. The van der Waals surface area contributed by atoms with Crippen LogP contribution in [-0.4, -0.2) is 28.4 Å². The summed E-state index contributed by atoms with van der Waals surface area (Å²) in [5.74, 6) is 1.15. The number of nitrogens with zero attached hydrogens (tertiary/aromatic N) is 3. The summed E-state index contributed by atoms with van der Waals surface area (Å²) in [6.45, 7) is 4.56. The Hall–Kier alpha value is -2.41. The molecule has 7 nitrogen and oxygen atoms in total. The zero-order valence-corrected chi connectivity index (χ0v) is 11.5. The number of hydrogen-bond acceptors (Lipinski definition) is 7. The van der Waals surface area contributed by atoms with Crippen molar-refractivity contribution in [1.82, 2.24) is 15.0 Å². The van der Waals surface area contributed by atoms with Gasteiger partial charge in [0.15, 0.2) is 12.6 Å². The zero-order valence-electron chi connectivity index (χ0n) is 11.5. The Morgan fingerprint density at radius 2 is 1.80 bits per heavy atom. The Labute approximate surface area is 117 Å². The number of aromatic nitrogens is 3. The van der Waals surface area contributed by atoms with Crippen LogP contribution in [0.3, 0.4) is 0 Å². The highest BCUT2D eigenvalue weighted by Gasteiger charge is 2.14. The molecule has 0 atom stereocenters. The maximum atomic E-state index is 5.61. The van der Waals surface area contributed by atoms with Crippen LogP contribution in [0.4, 0.5) is 11.9 Å². The molecular weight excluding hydrogens is 258 g/mol. The smallest absolute Gasteiger partial charge is 0.225 e. The third-order valence-electron chi connectivity index (χ3n) is 2.63. The molecular formula is C13H17N5O2. The van der Waals surface area contributed by atoms with Crippen LogP contribution in [0.2, 0.25) is 0 Å². The molecule has 7 heteroatoms. The van der Waals surface area contributed by atoms with Crippen molar-refractivity contribution in [2.45, 2.75) is 13.8 Å². The standard InChI is InChI=1S/C13H17N5O2/c1-3-19-7-20-9-6-4-5-8(2)10(9)11-16-12(14)18-13(15)17-11/h4-6H,3,7H2,1-2H3,(H4,14,15,16,17,18). The molecule has 1 heterocycles. The second-order valence-electron chi connectivity index (χ2n) is 4.08. The van der Waals surface area contributed by atoms with E-state index < -0.39 is 0 Å². The minimum atomic E-state index is 0.0755. The Balaban J connectivity index is 2.43. The molecule has 0 saturated heterocycles. The lowest BCUT2D eigenvalue weighted by Gasteiger charge is -2.13. The summed E-state index contributed by atoms with van der Waals surface area (Å²) in [5.41, 5.74) is 12.9. The Bertz CT molecular complexity index is 583. The lowest BCUT2D eigenvalue weighted by molar-refractivity contribution is 0.0227. The molecule has 0 aliphatic heterocycles. The van der Waals surface area contributed by atoms with Crippen LogP contribution in [0.15, 0.2) is 18.2 Å². The second-order valence-corrected chi connectivity index (χ2v) is 4.08. The fourth-order valence-electron chi connectivity index (χ4n) is 1.76. The molecule has 0 amide bonds. The van der Waals surface area contributed by atoms with Gasteiger partial charge in [0.2, 0.25) is 11.9 Å². The summed E-state index contributed by atoms with van der Waals surface area (Å²) in [6.07, 6.45) is 0. The summed E-state index contributed by atoms with van der Waals surface area (Å²) < 4.78 is 10.8. The molecule has 106 valence electrons. The van der Waals surface area contributed by atoms with Crippen molar-refractivity contribution in [2.24, 2.45) is 0 Å². The zero-order chi connectivity index (χ0) is 14.5. The van der Waals surface area contributed by atoms with Gasteiger partial charge < -0.3 is 20.9 Å². The highest BCUT2D eigenvalue weighted by Crippen LogP contribution is 2.31. The van der Waals surface area contributed by atoms with E-state index in [-0.39, 0.29) is 18.7 Å². The van der Waals surface area contributed by atoms with E-state index in [1.165, 1.54) is 0 Å². The molecule has 0 bridgehead atoms. The normalized spacial score (nSPS) is 10.5. The Morgan fingerprint density at radius 3 is 2.45 bits per heavy atom. The molecule has 0 radical (unpaired) electrons. The summed E-state index contributed by atoms with van der Waals surface area (Å²) >= 11 is 0. The largest absolute Gasteiger partial charge is 0.467 e. The van der Waals surface area contributed by atoms with Gasteiger partial charge in [-0.2, -0.15) is 15.0 Å². The van der Waals surface area contributed by atoms with E-state index in [1.54, 1.807) is 0 Å². The number of nitrogen functional groups attached to an aromatic ring is 2. The predicted molar refractivity (Wildman–Crippen MR) is 75.9 cm³/mol. The Kier molecular flexibility index (Phi) is 4.31. The minimum absolute atomic E-state index is 0.0755. The topological polar surface area (TPSA) is 109 Å². The van der Waals surface area contributed by atoms with Gasteiger partial charge in [-0.25, -0.2) is 0 Å². The molecule has 0 unspecified atom stereocenters. The first-order valence-corrected chi connectivity index (χ1v) is 6.19. The van der Waals surface area contributed by atoms with Crippen LogP contribution in [0.5, 0.6) is 5.75 Å². The molecule has 0 aliphatic carbocycles. The predicted octanol–water partition coefficient (Wildman–Crippen LogP) is 1.38. The van der Waals surface area contributed by atoms with E-state index in [4.69, 9.17) is 20.9 Å². The second kappa shape index (κ2) is 6.16. The van der Waals surface area contributed by atoms with Crippen molar-refractivity contribution in [3.05, 3.63) is 23.8 Å². The number of benzene rings is 1. The summed E-state index contributed by atoms with van der Waals surface area (Å²) in [5, 5.41) is 0. The van der Waals surface area contributed by atoms with Crippen LogP contribution in [0, 0.1) is 6.92 Å². The van der Waals surface area contributed by atoms with Gasteiger partial charge in [0.05, 0.1) is 5.56 Å². The summed E-state index contributed by atoms with van der Waals surface area (Å²) in [4.78, 5) is 12.0. The first-order chi connectivity index (χ1) is 9.61. The molecule has 1 aromatic carbocycles. The number of aryl methyl sites for hydroxylation is 1. The van der Waals surface area contributed by atoms with Gasteiger partial charge in [-0.15, -0.1) is 0 Å². The van der Waals surface area contributed by atoms with Crippen molar-refractivity contribution in [2.75, 3.05) is 24.9 Å². The molecule has 20 heavy (non-hydrogen) atoms. The minimum Gasteiger partial charge on any atom is -0.467 e. The third-order valence-corrected chi connectivity index (χ3v) is 2.63. The van der Waals surface area contributed by atoms with E-state index in [9.17, 15) is 0 Å². The number of ether oxygens (including phenoxy) is 2. The molecule has 4 N–H and O–H groups in total. The van der Waals surface area contributed by atoms with Crippen molar-refractivity contribution in [3.8, 4) is 17.1 Å². The molecule has 0 aliphatic rings. The van der Waals surface area contributed by atoms with Crippen LogP contribution >= 0.6 is 0 Å². The molecule has 2 rings (SSSR count). The fourth-order valence-corrected chi connectivity index (χ4v) is 1.76.